The summed E-state index contributed by atoms with van der Waals surface area (Å²) in [6, 6.07) is 9.12. The molecule has 0 aromatic heterocycles. The molecule has 2 aromatic rings. The van der Waals surface area contributed by atoms with Gasteiger partial charge < -0.3 is 29.7 Å². The standard InChI is InChI=1S/C38H46ClN5O10S/c1-23-10-5-6-14-31(23)55(50,51)42-34(47)38-19-25(38)12-7-8-16-52-17-15-29(40-35(48)54-37(2,3)4)33(46)44-21-26(18-30(44)32(45)41-38)53-36(49)43-20-24-11-9-13-28(39)27(24)22-43/h5-7,9-14,25-26,29-30H,8,15-22H2,1-4H3,(H,40,48)(H,41,45)(H,42,47)/t25-,26-,29+,30+,38-/m1/s1. The van der Waals surface area contributed by atoms with Crippen molar-refractivity contribution in [3.63, 3.8) is 0 Å². The highest BCUT2D eigenvalue weighted by Gasteiger charge is 2.62. The first kappa shape index (κ1) is 40.0. The summed E-state index contributed by atoms with van der Waals surface area (Å²) in [5.41, 5.74) is -0.434. The first-order chi connectivity index (χ1) is 26.0. The lowest BCUT2D eigenvalue weighted by molar-refractivity contribution is -0.141. The van der Waals surface area contributed by atoms with Gasteiger partial charge in [0.25, 0.3) is 15.9 Å². The first-order valence-corrected chi connectivity index (χ1v) is 20.0. The molecule has 17 heteroatoms. The van der Waals surface area contributed by atoms with Crippen molar-refractivity contribution in [2.45, 2.75) is 101 Å². The van der Waals surface area contributed by atoms with Crippen LogP contribution in [-0.4, -0.2) is 97.2 Å². The third kappa shape index (κ3) is 9.08. The number of rotatable bonds is 5. The fraction of sp³-hybridized carbons (Fsp3) is 0.500. The third-order valence-electron chi connectivity index (χ3n) is 10.0. The van der Waals surface area contributed by atoms with Gasteiger partial charge >= 0.3 is 12.2 Å². The Hall–Kier alpha value is -4.67. The average molecular weight is 800 g/mol. The Morgan fingerprint density at radius 1 is 1.05 bits per heavy atom. The van der Waals surface area contributed by atoms with E-state index in [1.54, 1.807) is 70.2 Å². The molecule has 2 aromatic carbocycles. The zero-order chi connectivity index (χ0) is 39.7. The largest absolute Gasteiger partial charge is 0.444 e. The summed E-state index contributed by atoms with van der Waals surface area (Å²) < 4.78 is 46.0. The summed E-state index contributed by atoms with van der Waals surface area (Å²) in [6.07, 6.45) is 1.45. The molecule has 3 N–H and O–H groups in total. The van der Waals surface area contributed by atoms with Crippen LogP contribution >= 0.6 is 11.6 Å². The van der Waals surface area contributed by atoms with Crippen LogP contribution in [-0.2, 0) is 51.7 Å². The van der Waals surface area contributed by atoms with Gasteiger partial charge in [0, 0.05) is 36.9 Å². The van der Waals surface area contributed by atoms with Crippen LogP contribution in [0, 0.1) is 12.8 Å². The second-order valence-electron chi connectivity index (χ2n) is 15.3. The molecule has 3 aliphatic heterocycles. The van der Waals surface area contributed by atoms with Crippen LogP contribution in [0.4, 0.5) is 9.59 Å². The molecule has 6 rings (SSSR count). The number of amides is 5. The van der Waals surface area contributed by atoms with Gasteiger partial charge in [-0.1, -0.05) is 54.1 Å². The number of fused-ring (bicyclic) bond motifs is 3. The van der Waals surface area contributed by atoms with E-state index in [1.807, 2.05) is 6.07 Å². The average Bonchev–Trinajstić information content (AvgIpc) is 3.40. The molecule has 4 aliphatic rings. The fourth-order valence-electron chi connectivity index (χ4n) is 7.14. The Morgan fingerprint density at radius 3 is 2.55 bits per heavy atom. The Morgan fingerprint density at radius 2 is 1.82 bits per heavy atom. The number of nitrogens with zero attached hydrogens (tertiary/aromatic N) is 2. The number of aryl methyl sites for hydroxylation is 1. The fourth-order valence-corrected chi connectivity index (χ4v) is 8.68. The van der Waals surface area contributed by atoms with Crippen molar-refractivity contribution < 1.29 is 46.6 Å². The van der Waals surface area contributed by atoms with Crippen LogP contribution in [0.5, 0.6) is 0 Å². The molecule has 3 heterocycles. The monoisotopic (exact) mass is 799 g/mol. The number of hydrogen-bond acceptors (Lipinski definition) is 10. The number of carbonyl (C=O) groups is 5. The molecule has 1 aliphatic carbocycles. The number of nitrogens with one attached hydrogen (secondary N) is 3. The Balaban J connectivity index is 1.27. The normalized spacial score (nSPS) is 25.7. The Kier molecular flexibility index (Phi) is 11.5. The molecule has 1 saturated heterocycles. The summed E-state index contributed by atoms with van der Waals surface area (Å²) in [6.45, 7) is 7.23. The van der Waals surface area contributed by atoms with Gasteiger partial charge in [-0.3, -0.25) is 19.3 Å². The van der Waals surface area contributed by atoms with E-state index >= 15 is 0 Å². The van der Waals surface area contributed by atoms with Gasteiger partial charge in [0.05, 0.1) is 24.6 Å². The van der Waals surface area contributed by atoms with Crippen molar-refractivity contribution in [1.82, 2.24) is 25.2 Å². The van der Waals surface area contributed by atoms with Crippen molar-refractivity contribution in [2.24, 2.45) is 5.92 Å². The van der Waals surface area contributed by atoms with Gasteiger partial charge in [-0.15, -0.1) is 0 Å². The van der Waals surface area contributed by atoms with Gasteiger partial charge in [-0.05, 0) is 69.4 Å². The number of sulfonamides is 1. The molecule has 0 spiro atoms. The summed E-state index contributed by atoms with van der Waals surface area (Å²) in [7, 11) is -4.33. The van der Waals surface area contributed by atoms with Crippen LogP contribution in [0.25, 0.3) is 0 Å². The van der Waals surface area contributed by atoms with Gasteiger partial charge in [-0.25, -0.2) is 22.7 Å². The predicted molar refractivity (Wildman–Crippen MR) is 199 cm³/mol. The maximum absolute atomic E-state index is 14.4. The topological polar surface area (TPSA) is 190 Å². The zero-order valence-electron chi connectivity index (χ0n) is 31.1. The van der Waals surface area contributed by atoms with Crippen LogP contribution in [0.15, 0.2) is 59.5 Å². The second kappa shape index (κ2) is 15.8. The van der Waals surface area contributed by atoms with E-state index in [0.29, 0.717) is 17.0 Å². The summed E-state index contributed by atoms with van der Waals surface area (Å²) in [5.74, 6) is -2.92. The van der Waals surface area contributed by atoms with Crippen molar-refractivity contribution in [3.8, 4) is 0 Å². The van der Waals surface area contributed by atoms with Crippen molar-refractivity contribution in [3.05, 3.63) is 76.3 Å². The minimum atomic E-state index is -4.33. The Labute approximate surface area is 325 Å². The predicted octanol–water partition coefficient (Wildman–Crippen LogP) is 3.71. The van der Waals surface area contributed by atoms with E-state index < -0.39 is 75.2 Å². The van der Waals surface area contributed by atoms with Crippen molar-refractivity contribution in [1.29, 1.82) is 0 Å². The number of benzene rings is 2. The van der Waals surface area contributed by atoms with Crippen molar-refractivity contribution >= 4 is 51.5 Å². The SMILES string of the molecule is Cc1ccccc1S(=O)(=O)NC(=O)[C@@]12C[C@H]1C=CCCOCC[C@H](NC(=O)OC(C)(C)C)C(=O)N1C[C@H](OC(=O)N3Cc4cccc(Cl)c4C3)C[C@H]1C(=O)N2. The number of halogens is 1. The van der Waals surface area contributed by atoms with E-state index in [9.17, 15) is 32.4 Å². The molecule has 296 valence electrons. The molecule has 0 bridgehead atoms. The zero-order valence-corrected chi connectivity index (χ0v) is 32.7. The van der Waals surface area contributed by atoms with E-state index in [2.05, 4.69) is 15.4 Å². The van der Waals surface area contributed by atoms with E-state index in [4.69, 9.17) is 25.8 Å². The molecule has 5 amide bonds. The van der Waals surface area contributed by atoms with Gasteiger partial charge in [0.1, 0.15) is 29.3 Å². The minimum Gasteiger partial charge on any atom is -0.444 e. The molecule has 1 saturated carbocycles. The maximum atomic E-state index is 14.4. The number of hydrogen-bond donors (Lipinski definition) is 3. The van der Waals surface area contributed by atoms with Crippen LogP contribution in [0.2, 0.25) is 5.02 Å². The first-order valence-electron chi connectivity index (χ1n) is 18.2. The van der Waals surface area contributed by atoms with E-state index in [0.717, 1.165) is 11.1 Å². The molecule has 5 atom stereocenters. The maximum Gasteiger partial charge on any atom is 0.410 e. The summed E-state index contributed by atoms with van der Waals surface area (Å²) in [4.78, 5) is 71.6. The van der Waals surface area contributed by atoms with Gasteiger partial charge in [-0.2, -0.15) is 0 Å². The number of carbonyl (C=O) groups excluding carboxylic acids is 5. The van der Waals surface area contributed by atoms with E-state index in [1.165, 1.54) is 15.9 Å². The van der Waals surface area contributed by atoms with Crippen LogP contribution in [0.3, 0.4) is 0 Å². The Bertz CT molecular complexity index is 2000. The smallest absolute Gasteiger partial charge is 0.410 e. The highest BCUT2D eigenvalue weighted by atomic mass is 35.5. The lowest BCUT2D eigenvalue weighted by Crippen LogP contribution is -2.58. The quantitative estimate of drug-likeness (QED) is 0.376. The highest BCUT2D eigenvalue weighted by molar-refractivity contribution is 7.90. The second-order valence-corrected chi connectivity index (χ2v) is 17.3. The van der Waals surface area contributed by atoms with Gasteiger partial charge in [0.15, 0.2) is 0 Å². The third-order valence-corrected chi connectivity index (χ3v) is 11.9. The van der Waals surface area contributed by atoms with Crippen molar-refractivity contribution in [2.75, 3.05) is 19.8 Å². The molecule has 55 heavy (non-hydrogen) atoms. The molecule has 0 unspecified atom stereocenters. The molecule has 2 fully saturated rings. The molecule has 0 radical (unpaired) electrons. The molecular weight excluding hydrogens is 754 g/mol. The van der Waals surface area contributed by atoms with Gasteiger partial charge in [0.2, 0.25) is 11.8 Å². The lowest BCUT2D eigenvalue weighted by atomic mass is 10.1. The van der Waals surface area contributed by atoms with Crippen LogP contribution in [0.1, 0.15) is 63.1 Å². The number of alkyl carbamates (subject to hydrolysis) is 1. The molecule has 15 nitrogen and oxygen atoms in total. The highest BCUT2D eigenvalue weighted by Crippen LogP contribution is 2.46. The van der Waals surface area contributed by atoms with E-state index in [-0.39, 0.29) is 57.0 Å². The number of ether oxygens (including phenoxy) is 3. The summed E-state index contributed by atoms with van der Waals surface area (Å²) >= 11 is 6.36. The van der Waals surface area contributed by atoms with Crippen LogP contribution < -0.4 is 15.4 Å². The minimum absolute atomic E-state index is 0.0373. The lowest BCUT2D eigenvalue weighted by Gasteiger charge is -2.30. The molecular formula is C38H46ClN5O10S. The summed E-state index contributed by atoms with van der Waals surface area (Å²) in [5, 5.41) is 5.91.